The van der Waals surface area contributed by atoms with Crippen molar-refractivity contribution in [3.05, 3.63) is 40.2 Å². The summed E-state index contributed by atoms with van der Waals surface area (Å²) in [5, 5.41) is 3.90. The van der Waals surface area contributed by atoms with E-state index >= 15 is 0 Å². The SMILES string of the molecule is CCOC(=O)C1CC[NH+](Cc2c(NC(=O)c3ccco3)sc(C)c2C)CC1. The van der Waals surface area contributed by atoms with Crippen molar-refractivity contribution in [1.29, 1.82) is 0 Å². The quantitative estimate of drug-likeness (QED) is 0.743. The third-order valence-electron chi connectivity index (χ3n) is 5.22. The summed E-state index contributed by atoms with van der Waals surface area (Å²) in [5.74, 6) is 0.0495. The standard InChI is InChI=1S/C20H26N2O4S/c1-4-25-20(24)15-7-9-22(10-8-15)12-16-13(2)14(3)27-19(16)21-18(23)17-6-5-11-26-17/h5-6,11,15H,4,7-10,12H2,1-3H3,(H,21,23)/p+1. The molecule has 0 saturated carbocycles. The lowest BCUT2D eigenvalue weighted by Gasteiger charge is -2.28. The van der Waals surface area contributed by atoms with Gasteiger partial charge in [-0.15, -0.1) is 11.3 Å². The second kappa shape index (κ2) is 8.71. The van der Waals surface area contributed by atoms with E-state index < -0.39 is 0 Å². The van der Waals surface area contributed by atoms with E-state index in [0.717, 1.165) is 37.5 Å². The molecular formula is C20H27N2O4S+. The first-order valence-corrected chi connectivity index (χ1v) is 10.2. The summed E-state index contributed by atoms with van der Waals surface area (Å²) < 4.78 is 10.3. The largest absolute Gasteiger partial charge is 0.466 e. The number of furan rings is 1. The minimum Gasteiger partial charge on any atom is -0.466 e. The van der Waals surface area contributed by atoms with Crippen LogP contribution in [-0.2, 0) is 16.1 Å². The molecule has 3 rings (SSSR count). The van der Waals surface area contributed by atoms with Crippen molar-refractivity contribution in [2.24, 2.45) is 5.92 Å². The summed E-state index contributed by atoms with van der Waals surface area (Å²) in [6.07, 6.45) is 3.20. The number of quaternary nitrogens is 1. The van der Waals surface area contributed by atoms with Crippen LogP contribution in [0, 0.1) is 19.8 Å². The number of likely N-dealkylation sites (tertiary alicyclic amines) is 1. The zero-order valence-electron chi connectivity index (χ0n) is 16.1. The van der Waals surface area contributed by atoms with Gasteiger partial charge in [0.25, 0.3) is 5.91 Å². The summed E-state index contributed by atoms with van der Waals surface area (Å²) in [6.45, 7) is 9.19. The molecule has 2 aromatic heterocycles. The van der Waals surface area contributed by atoms with E-state index in [2.05, 4.69) is 19.2 Å². The van der Waals surface area contributed by atoms with Crippen molar-refractivity contribution in [2.75, 3.05) is 25.0 Å². The van der Waals surface area contributed by atoms with Crippen LogP contribution in [0.1, 0.15) is 46.3 Å². The number of thiophene rings is 1. The maximum absolute atomic E-state index is 12.4. The van der Waals surface area contributed by atoms with Crippen molar-refractivity contribution in [2.45, 2.75) is 40.2 Å². The van der Waals surface area contributed by atoms with Crippen LogP contribution in [-0.4, -0.2) is 31.6 Å². The Kier molecular flexibility index (Phi) is 6.34. The van der Waals surface area contributed by atoms with Crippen LogP contribution in [0.3, 0.4) is 0 Å². The topological polar surface area (TPSA) is 73.0 Å². The number of amides is 1. The van der Waals surface area contributed by atoms with Gasteiger partial charge in [-0.3, -0.25) is 9.59 Å². The zero-order chi connectivity index (χ0) is 19.4. The number of ether oxygens (including phenoxy) is 1. The Hall–Kier alpha value is -2.12. The number of esters is 1. The average Bonchev–Trinajstić information content (AvgIpc) is 3.28. The van der Waals surface area contributed by atoms with Crippen molar-refractivity contribution < 1.29 is 23.6 Å². The number of carbonyl (C=O) groups excluding carboxylic acids is 2. The molecule has 1 aliphatic rings. The van der Waals surface area contributed by atoms with E-state index in [4.69, 9.17) is 9.15 Å². The third kappa shape index (κ3) is 4.59. The van der Waals surface area contributed by atoms with Crippen LogP contribution in [0.5, 0.6) is 0 Å². The summed E-state index contributed by atoms with van der Waals surface area (Å²) in [6, 6.07) is 3.37. The van der Waals surface area contributed by atoms with Crippen LogP contribution in [0.15, 0.2) is 22.8 Å². The first-order valence-electron chi connectivity index (χ1n) is 9.43. The van der Waals surface area contributed by atoms with Gasteiger partial charge in [-0.2, -0.15) is 0 Å². The predicted octanol–water partition coefficient (Wildman–Crippen LogP) is 2.57. The molecule has 2 N–H and O–H groups in total. The summed E-state index contributed by atoms with van der Waals surface area (Å²) in [7, 11) is 0. The lowest BCUT2D eigenvalue weighted by molar-refractivity contribution is -0.919. The Labute approximate surface area is 163 Å². The van der Waals surface area contributed by atoms with E-state index in [1.165, 1.54) is 27.2 Å². The molecule has 0 aliphatic carbocycles. The smallest absolute Gasteiger partial charge is 0.309 e. The molecule has 0 aromatic carbocycles. The molecule has 0 spiro atoms. The van der Waals surface area contributed by atoms with Gasteiger partial charge in [0.2, 0.25) is 0 Å². The van der Waals surface area contributed by atoms with E-state index in [-0.39, 0.29) is 17.8 Å². The average molecular weight is 392 g/mol. The van der Waals surface area contributed by atoms with Gasteiger partial charge in [-0.25, -0.2) is 0 Å². The number of hydrogen-bond acceptors (Lipinski definition) is 5. The Morgan fingerprint density at radius 1 is 1.33 bits per heavy atom. The van der Waals surface area contributed by atoms with E-state index in [1.54, 1.807) is 23.5 Å². The minimum atomic E-state index is -0.224. The highest BCUT2D eigenvalue weighted by Crippen LogP contribution is 2.32. The van der Waals surface area contributed by atoms with E-state index in [0.29, 0.717) is 12.4 Å². The summed E-state index contributed by atoms with van der Waals surface area (Å²) in [5.41, 5.74) is 2.41. The van der Waals surface area contributed by atoms with Crippen molar-refractivity contribution in [1.82, 2.24) is 0 Å². The molecule has 0 radical (unpaired) electrons. The lowest BCUT2D eigenvalue weighted by atomic mass is 9.96. The highest BCUT2D eigenvalue weighted by molar-refractivity contribution is 7.16. The number of carbonyl (C=O) groups is 2. The van der Waals surface area contributed by atoms with Crippen LogP contribution in [0.25, 0.3) is 0 Å². The number of piperidine rings is 1. The van der Waals surface area contributed by atoms with Gasteiger partial charge >= 0.3 is 5.97 Å². The molecule has 6 nitrogen and oxygen atoms in total. The molecule has 1 saturated heterocycles. The van der Waals surface area contributed by atoms with Gasteiger partial charge < -0.3 is 19.4 Å². The highest BCUT2D eigenvalue weighted by atomic mass is 32.1. The minimum absolute atomic E-state index is 0.0251. The molecule has 1 fully saturated rings. The van der Waals surface area contributed by atoms with Crippen LogP contribution < -0.4 is 10.2 Å². The van der Waals surface area contributed by atoms with Crippen molar-refractivity contribution in [3.63, 3.8) is 0 Å². The second-order valence-corrected chi connectivity index (χ2v) is 8.20. The number of nitrogens with one attached hydrogen (secondary N) is 2. The van der Waals surface area contributed by atoms with Gasteiger partial charge in [0.05, 0.1) is 31.9 Å². The molecular weight excluding hydrogens is 364 g/mol. The molecule has 2 aromatic rings. The molecule has 1 aliphatic heterocycles. The van der Waals surface area contributed by atoms with Gasteiger partial charge in [-0.05, 0) is 38.5 Å². The summed E-state index contributed by atoms with van der Waals surface area (Å²) >= 11 is 1.61. The monoisotopic (exact) mass is 391 g/mol. The maximum atomic E-state index is 12.4. The van der Waals surface area contributed by atoms with Gasteiger partial charge in [0, 0.05) is 23.3 Å². The molecule has 27 heavy (non-hydrogen) atoms. The maximum Gasteiger partial charge on any atom is 0.309 e. The Morgan fingerprint density at radius 2 is 2.07 bits per heavy atom. The number of anilines is 1. The molecule has 0 bridgehead atoms. The second-order valence-electron chi connectivity index (χ2n) is 6.98. The lowest BCUT2D eigenvalue weighted by Crippen LogP contribution is -3.11. The fourth-order valence-corrected chi connectivity index (χ4v) is 4.58. The molecule has 146 valence electrons. The van der Waals surface area contributed by atoms with Gasteiger partial charge in [0.1, 0.15) is 11.5 Å². The zero-order valence-corrected chi connectivity index (χ0v) is 16.9. The molecule has 0 atom stereocenters. The van der Waals surface area contributed by atoms with Gasteiger partial charge in [-0.1, -0.05) is 0 Å². The van der Waals surface area contributed by atoms with E-state index in [1.807, 2.05) is 6.92 Å². The number of aryl methyl sites for hydroxylation is 1. The number of rotatable bonds is 6. The first-order chi connectivity index (χ1) is 13.0. The predicted molar refractivity (Wildman–Crippen MR) is 104 cm³/mol. The Balaban J connectivity index is 1.65. The normalized spacial score (nSPS) is 19.7. The molecule has 0 unspecified atom stereocenters. The van der Waals surface area contributed by atoms with Crippen molar-refractivity contribution >= 4 is 28.2 Å². The number of hydrogen-bond donors (Lipinski definition) is 2. The van der Waals surface area contributed by atoms with Crippen LogP contribution in [0.4, 0.5) is 5.00 Å². The van der Waals surface area contributed by atoms with Crippen LogP contribution >= 0.6 is 11.3 Å². The van der Waals surface area contributed by atoms with Crippen LogP contribution in [0.2, 0.25) is 0 Å². The molecule has 1 amide bonds. The Morgan fingerprint density at radius 3 is 2.70 bits per heavy atom. The van der Waals surface area contributed by atoms with E-state index in [9.17, 15) is 9.59 Å². The fourth-order valence-electron chi connectivity index (χ4n) is 3.51. The third-order valence-corrected chi connectivity index (χ3v) is 6.39. The van der Waals surface area contributed by atoms with Crippen molar-refractivity contribution in [3.8, 4) is 0 Å². The van der Waals surface area contributed by atoms with Gasteiger partial charge in [0.15, 0.2) is 5.76 Å². The Bertz CT molecular complexity index is 789. The molecule has 7 heteroatoms. The first kappa shape index (κ1) is 19.6. The summed E-state index contributed by atoms with van der Waals surface area (Å²) in [4.78, 5) is 26.9. The molecule has 3 heterocycles. The highest BCUT2D eigenvalue weighted by Gasteiger charge is 2.30. The fraction of sp³-hybridized carbons (Fsp3) is 0.500.